The second-order valence-electron chi connectivity index (χ2n) is 6.89. The van der Waals surface area contributed by atoms with Crippen LogP contribution < -0.4 is 0 Å². The van der Waals surface area contributed by atoms with Crippen LogP contribution in [-0.2, 0) is 4.74 Å². The molecule has 0 spiro atoms. The predicted molar refractivity (Wildman–Crippen MR) is 98.7 cm³/mol. The third-order valence-corrected chi connectivity index (χ3v) is 4.69. The van der Waals surface area contributed by atoms with E-state index in [0.717, 1.165) is 32.5 Å². The largest absolute Gasteiger partial charge is 0.373 e. The fourth-order valence-electron chi connectivity index (χ4n) is 3.14. The molecule has 0 unspecified atom stereocenters. The Labute approximate surface area is 150 Å². The summed E-state index contributed by atoms with van der Waals surface area (Å²) >= 11 is 5.91. The van der Waals surface area contributed by atoms with E-state index in [-0.39, 0.29) is 18.1 Å². The number of likely N-dealkylation sites (N-methyl/N-ethyl adjacent to an activating group) is 1. The van der Waals surface area contributed by atoms with E-state index in [1.54, 1.807) is 24.3 Å². The zero-order valence-electron chi connectivity index (χ0n) is 15.2. The van der Waals surface area contributed by atoms with E-state index in [4.69, 9.17) is 16.3 Å². The third kappa shape index (κ3) is 5.20. The van der Waals surface area contributed by atoms with Crippen LogP contribution in [0.3, 0.4) is 0 Å². The monoisotopic (exact) mass is 352 g/mol. The number of carbonyl (C=O) groups excluding carboxylic acids is 1. The molecule has 1 aliphatic heterocycles. The molecule has 1 aromatic rings. The highest BCUT2D eigenvalue weighted by molar-refractivity contribution is 6.30. The Kier molecular flexibility index (Phi) is 7.08. The first-order valence-corrected chi connectivity index (χ1v) is 9.19. The average Bonchev–Trinajstić information content (AvgIpc) is 2.51. The van der Waals surface area contributed by atoms with Gasteiger partial charge in [0.15, 0.2) is 0 Å². The van der Waals surface area contributed by atoms with Gasteiger partial charge in [-0.3, -0.25) is 9.69 Å². The highest BCUT2D eigenvalue weighted by Crippen LogP contribution is 2.19. The molecule has 1 amide bonds. The van der Waals surface area contributed by atoms with Crippen LogP contribution >= 0.6 is 11.6 Å². The second kappa shape index (κ2) is 8.84. The van der Waals surface area contributed by atoms with Gasteiger partial charge in [0.05, 0.1) is 12.2 Å². The van der Waals surface area contributed by atoms with E-state index in [9.17, 15) is 4.79 Å². The molecule has 0 aromatic heterocycles. The predicted octanol–water partition coefficient (Wildman–Crippen LogP) is 3.69. The number of hydrogen-bond donors (Lipinski definition) is 0. The Balaban J connectivity index is 1.92. The molecule has 1 atom stereocenters. The molecule has 134 valence electrons. The molecular weight excluding hydrogens is 324 g/mol. The van der Waals surface area contributed by atoms with Gasteiger partial charge in [-0.25, -0.2) is 0 Å². The number of benzene rings is 1. The molecule has 1 aromatic carbocycles. The molecule has 1 fully saturated rings. The van der Waals surface area contributed by atoms with Crippen molar-refractivity contribution in [3.63, 3.8) is 0 Å². The third-order valence-electron chi connectivity index (χ3n) is 4.44. The summed E-state index contributed by atoms with van der Waals surface area (Å²) in [6, 6.07) is 7.33. The van der Waals surface area contributed by atoms with Gasteiger partial charge in [0.2, 0.25) is 0 Å². The van der Waals surface area contributed by atoms with Crippen LogP contribution in [0, 0.1) is 0 Å². The van der Waals surface area contributed by atoms with Gasteiger partial charge in [0.25, 0.3) is 5.91 Å². The average molecular weight is 353 g/mol. The smallest absolute Gasteiger partial charge is 0.253 e. The lowest BCUT2D eigenvalue weighted by molar-refractivity contribution is -0.0852. The Hall–Kier alpha value is -1.10. The van der Waals surface area contributed by atoms with Crippen LogP contribution in [0.5, 0.6) is 0 Å². The zero-order valence-corrected chi connectivity index (χ0v) is 15.9. The van der Waals surface area contributed by atoms with Crippen molar-refractivity contribution < 1.29 is 9.53 Å². The number of nitrogens with zero attached hydrogens (tertiary/aromatic N) is 2. The Morgan fingerprint density at radius 1 is 1.33 bits per heavy atom. The summed E-state index contributed by atoms with van der Waals surface area (Å²) < 4.78 is 5.81. The molecule has 1 saturated heterocycles. The van der Waals surface area contributed by atoms with Gasteiger partial charge in [0.1, 0.15) is 0 Å². The van der Waals surface area contributed by atoms with Gasteiger partial charge in [0, 0.05) is 43.3 Å². The van der Waals surface area contributed by atoms with Crippen molar-refractivity contribution in [2.24, 2.45) is 0 Å². The molecule has 1 aliphatic rings. The summed E-state index contributed by atoms with van der Waals surface area (Å²) in [6.45, 7) is 9.13. The van der Waals surface area contributed by atoms with Gasteiger partial charge < -0.3 is 9.64 Å². The fraction of sp³-hybridized carbons (Fsp3) is 0.632. The standard InChI is InChI=1S/C19H29ClN2O2/c1-5-6-17(11-22-12-18(13-22)24-14(2)3)21(4)19(23)15-7-9-16(20)10-8-15/h7-10,14,17-18H,5-6,11-13H2,1-4H3/t17-/m0/s1. The van der Waals surface area contributed by atoms with Crippen LogP contribution in [0.4, 0.5) is 0 Å². The topological polar surface area (TPSA) is 32.8 Å². The molecule has 24 heavy (non-hydrogen) atoms. The van der Waals surface area contributed by atoms with E-state index >= 15 is 0 Å². The number of amides is 1. The van der Waals surface area contributed by atoms with Crippen molar-refractivity contribution in [1.29, 1.82) is 0 Å². The molecule has 0 bridgehead atoms. The van der Waals surface area contributed by atoms with Crippen LogP contribution in [0.15, 0.2) is 24.3 Å². The van der Waals surface area contributed by atoms with Gasteiger partial charge >= 0.3 is 0 Å². The maximum Gasteiger partial charge on any atom is 0.253 e. The van der Waals surface area contributed by atoms with Crippen molar-refractivity contribution >= 4 is 17.5 Å². The Morgan fingerprint density at radius 2 is 1.96 bits per heavy atom. The maximum atomic E-state index is 12.7. The summed E-state index contributed by atoms with van der Waals surface area (Å²) in [7, 11) is 1.90. The SMILES string of the molecule is CCC[C@@H](CN1CC(OC(C)C)C1)N(C)C(=O)c1ccc(Cl)cc1. The number of carbonyl (C=O) groups is 1. The van der Waals surface area contributed by atoms with Crippen molar-refractivity contribution in [3.8, 4) is 0 Å². The van der Waals surface area contributed by atoms with Crippen LogP contribution in [-0.4, -0.2) is 60.6 Å². The molecule has 5 heteroatoms. The molecule has 0 radical (unpaired) electrons. The molecule has 4 nitrogen and oxygen atoms in total. The lowest BCUT2D eigenvalue weighted by atomic mass is 10.0. The molecule has 1 heterocycles. The number of likely N-dealkylation sites (tertiary alicyclic amines) is 1. The van der Waals surface area contributed by atoms with E-state index < -0.39 is 0 Å². The number of halogens is 1. The van der Waals surface area contributed by atoms with Gasteiger partial charge in [-0.15, -0.1) is 0 Å². The number of rotatable bonds is 8. The van der Waals surface area contributed by atoms with Crippen molar-refractivity contribution in [3.05, 3.63) is 34.9 Å². The van der Waals surface area contributed by atoms with Crippen molar-refractivity contribution in [1.82, 2.24) is 9.80 Å². The number of hydrogen-bond acceptors (Lipinski definition) is 3. The molecule has 0 N–H and O–H groups in total. The lowest BCUT2D eigenvalue weighted by Crippen LogP contribution is -2.57. The van der Waals surface area contributed by atoms with E-state index in [1.807, 2.05) is 11.9 Å². The molecule has 2 rings (SSSR count). The summed E-state index contributed by atoms with van der Waals surface area (Å²) in [4.78, 5) is 17.0. The van der Waals surface area contributed by atoms with Crippen LogP contribution in [0.25, 0.3) is 0 Å². The second-order valence-corrected chi connectivity index (χ2v) is 7.33. The molecule has 0 aliphatic carbocycles. The van der Waals surface area contributed by atoms with Crippen LogP contribution in [0.2, 0.25) is 5.02 Å². The summed E-state index contributed by atoms with van der Waals surface area (Å²) in [5.74, 6) is 0.0561. The number of ether oxygens (including phenoxy) is 1. The summed E-state index contributed by atoms with van der Waals surface area (Å²) in [5.41, 5.74) is 0.688. The minimum Gasteiger partial charge on any atom is -0.373 e. The van der Waals surface area contributed by atoms with Crippen molar-refractivity contribution in [2.45, 2.75) is 51.9 Å². The Morgan fingerprint density at radius 3 is 2.50 bits per heavy atom. The van der Waals surface area contributed by atoms with Gasteiger partial charge in [-0.05, 0) is 44.5 Å². The minimum atomic E-state index is 0.0561. The maximum absolute atomic E-state index is 12.7. The first kappa shape index (κ1) is 19.2. The molecular formula is C19H29ClN2O2. The Bertz CT molecular complexity index is 527. The first-order valence-electron chi connectivity index (χ1n) is 8.81. The summed E-state index contributed by atoms with van der Waals surface area (Å²) in [6.07, 6.45) is 2.67. The minimum absolute atomic E-state index is 0.0561. The first-order chi connectivity index (χ1) is 11.4. The fourth-order valence-corrected chi connectivity index (χ4v) is 3.27. The quantitative estimate of drug-likeness (QED) is 0.715. The highest BCUT2D eigenvalue weighted by atomic mass is 35.5. The molecule has 0 saturated carbocycles. The van der Waals surface area contributed by atoms with E-state index in [2.05, 4.69) is 25.7 Å². The zero-order chi connectivity index (χ0) is 17.7. The van der Waals surface area contributed by atoms with Crippen LogP contribution in [0.1, 0.15) is 44.0 Å². The summed E-state index contributed by atoms with van der Waals surface area (Å²) in [5, 5.41) is 0.649. The van der Waals surface area contributed by atoms with E-state index in [0.29, 0.717) is 16.7 Å². The van der Waals surface area contributed by atoms with Crippen molar-refractivity contribution in [2.75, 3.05) is 26.7 Å². The highest BCUT2D eigenvalue weighted by Gasteiger charge is 2.31. The lowest BCUT2D eigenvalue weighted by Gasteiger charge is -2.43. The normalized spacial score (nSPS) is 16.9. The van der Waals surface area contributed by atoms with Gasteiger partial charge in [-0.1, -0.05) is 24.9 Å². The van der Waals surface area contributed by atoms with E-state index in [1.165, 1.54) is 0 Å². The van der Waals surface area contributed by atoms with Gasteiger partial charge in [-0.2, -0.15) is 0 Å².